The smallest absolute Gasteiger partial charge is 0.417 e. The Kier molecular flexibility index (Phi) is 3.39. The highest BCUT2D eigenvalue weighted by Crippen LogP contribution is 2.66. The Morgan fingerprint density at radius 2 is 1.82 bits per heavy atom. The van der Waals surface area contributed by atoms with Gasteiger partial charge in [-0.25, -0.2) is 0 Å². The summed E-state index contributed by atoms with van der Waals surface area (Å²) in [4.78, 5) is 0. The van der Waals surface area contributed by atoms with Gasteiger partial charge in [0.1, 0.15) is 5.60 Å². The van der Waals surface area contributed by atoms with Crippen LogP contribution in [0.5, 0.6) is 11.8 Å². The zero-order valence-corrected chi connectivity index (χ0v) is 14.8. The zero-order chi connectivity index (χ0) is 20.6. The largest absolute Gasteiger partial charge is 0.494 e. The van der Waals surface area contributed by atoms with E-state index in [4.69, 9.17) is 10.00 Å². The van der Waals surface area contributed by atoms with Crippen molar-refractivity contribution in [1.29, 1.82) is 10.5 Å². The molecule has 0 unspecified atom stereocenters. The monoisotopic (exact) mass is 389 g/mol. The predicted molar refractivity (Wildman–Crippen MR) is 88.3 cm³/mol. The first kappa shape index (κ1) is 18.2. The van der Waals surface area contributed by atoms with Gasteiger partial charge in [-0.2, -0.15) is 23.7 Å². The molecule has 2 N–H and O–H groups in total. The fourth-order valence-corrected chi connectivity index (χ4v) is 4.48. The van der Waals surface area contributed by atoms with E-state index in [-0.39, 0.29) is 23.2 Å². The van der Waals surface area contributed by atoms with Gasteiger partial charge in [0.05, 0.1) is 51.6 Å². The van der Waals surface area contributed by atoms with Crippen LogP contribution in [-0.2, 0) is 22.1 Å². The van der Waals surface area contributed by atoms with Gasteiger partial charge in [-0.05, 0) is 38.5 Å². The van der Waals surface area contributed by atoms with E-state index >= 15 is 0 Å². The maximum atomic E-state index is 13.3. The standard InChI is InChI=1S/C19H14F3N3O3/c1-17-6-10(8-24)18(2,28-17)14-13(17)15(26)25(16(14)27)11-4-3-9(7-23)12(5-11)19(20,21)22/h3-5,10,26-27H,6H2,1-2H3/t10-,17-,18+/m1/s1. The van der Waals surface area contributed by atoms with Crippen LogP contribution in [0.2, 0.25) is 0 Å². The van der Waals surface area contributed by atoms with Gasteiger partial charge in [0.2, 0.25) is 11.8 Å². The predicted octanol–water partition coefficient (Wildman–Crippen LogP) is 3.78. The number of nitrogens with zero attached hydrogens (tertiary/aromatic N) is 3. The summed E-state index contributed by atoms with van der Waals surface area (Å²) in [6.07, 6.45) is -4.50. The van der Waals surface area contributed by atoms with Gasteiger partial charge in [0.25, 0.3) is 0 Å². The van der Waals surface area contributed by atoms with E-state index in [9.17, 15) is 28.6 Å². The van der Waals surface area contributed by atoms with Gasteiger partial charge in [-0.3, -0.25) is 4.57 Å². The molecule has 0 aliphatic carbocycles. The number of aromatic hydroxyl groups is 2. The maximum Gasteiger partial charge on any atom is 0.417 e. The average molecular weight is 389 g/mol. The van der Waals surface area contributed by atoms with Crippen LogP contribution in [0.4, 0.5) is 13.2 Å². The number of halogens is 3. The summed E-state index contributed by atoms with van der Waals surface area (Å²) in [7, 11) is 0. The Balaban J connectivity index is 1.98. The number of alkyl halides is 3. The quantitative estimate of drug-likeness (QED) is 0.773. The summed E-state index contributed by atoms with van der Waals surface area (Å²) in [5.41, 5.74) is -3.67. The second-order valence-corrected chi connectivity index (χ2v) is 7.40. The SMILES string of the molecule is C[C@]12C[C@H](C#N)[C@](C)(O1)c1c2c(O)n(-c2ccc(C#N)c(C(F)(F)F)c2)c1O. The van der Waals surface area contributed by atoms with Gasteiger partial charge in [-0.15, -0.1) is 0 Å². The number of ether oxygens (including phenoxy) is 1. The van der Waals surface area contributed by atoms with E-state index in [1.807, 2.05) is 0 Å². The molecule has 1 fully saturated rings. The molecule has 1 saturated heterocycles. The molecule has 1 aromatic heterocycles. The van der Waals surface area contributed by atoms with E-state index in [1.165, 1.54) is 12.1 Å². The van der Waals surface area contributed by atoms with Crippen molar-refractivity contribution in [2.24, 2.45) is 5.92 Å². The molecule has 2 aliphatic rings. The number of aromatic nitrogens is 1. The first-order chi connectivity index (χ1) is 13.0. The van der Waals surface area contributed by atoms with E-state index < -0.39 is 46.2 Å². The zero-order valence-electron chi connectivity index (χ0n) is 14.8. The van der Waals surface area contributed by atoms with Crippen molar-refractivity contribution in [3.8, 4) is 29.6 Å². The lowest BCUT2D eigenvalue weighted by atomic mass is 9.73. The van der Waals surface area contributed by atoms with Crippen LogP contribution in [0.15, 0.2) is 18.2 Å². The minimum atomic E-state index is -4.78. The third-order valence-corrected chi connectivity index (χ3v) is 5.68. The van der Waals surface area contributed by atoms with E-state index in [2.05, 4.69) is 6.07 Å². The first-order valence-corrected chi connectivity index (χ1v) is 8.37. The topological polar surface area (TPSA) is 102 Å². The van der Waals surface area contributed by atoms with Crippen molar-refractivity contribution < 1.29 is 28.1 Å². The molecule has 0 saturated carbocycles. The number of rotatable bonds is 1. The molecular formula is C19H14F3N3O3. The minimum Gasteiger partial charge on any atom is -0.494 e. The molecule has 2 aliphatic heterocycles. The number of nitriles is 2. The lowest BCUT2D eigenvalue weighted by Crippen LogP contribution is -2.27. The third-order valence-electron chi connectivity index (χ3n) is 5.68. The number of hydrogen-bond acceptors (Lipinski definition) is 5. The molecule has 2 bridgehead atoms. The Labute approximate surface area is 157 Å². The van der Waals surface area contributed by atoms with Crippen LogP contribution in [0, 0.1) is 28.6 Å². The van der Waals surface area contributed by atoms with Crippen molar-refractivity contribution in [3.05, 3.63) is 40.5 Å². The molecule has 9 heteroatoms. The molecular weight excluding hydrogens is 375 g/mol. The molecule has 0 spiro atoms. The normalized spacial score (nSPS) is 28.0. The minimum absolute atomic E-state index is 0.157. The molecule has 2 aromatic rings. The lowest BCUT2D eigenvalue weighted by molar-refractivity contribution is -0.137. The fraction of sp³-hybridized carbons (Fsp3) is 0.368. The molecule has 3 atom stereocenters. The number of benzene rings is 1. The van der Waals surface area contributed by atoms with Crippen molar-refractivity contribution in [2.45, 2.75) is 37.6 Å². The molecule has 6 nitrogen and oxygen atoms in total. The first-order valence-electron chi connectivity index (χ1n) is 8.37. The summed E-state index contributed by atoms with van der Waals surface area (Å²) in [5, 5.41) is 39.9. The molecule has 144 valence electrons. The highest BCUT2D eigenvalue weighted by atomic mass is 19.4. The Bertz CT molecular complexity index is 1110. The second-order valence-electron chi connectivity index (χ2n) is 7.40. The van der Waals surface area contributed by atoms with Crippen LogP contribution in [0.25, 0.3) is 5.69 Å². The molecule has 3 heterocycles. The Morgan fingerprint density at radius 3 is 2.39 bits per heavy atom. The summed E-state index contributed by atoms with van der Waals surface area (Å²) in [6, 6.07) is 6.50. The number of hydrogen-bond donors (Lipinski definition) is 2. The summed E-state index contributed by atoms with van der Waals surface area (Å²) in [6.45, 7) is 3.28. The maximum absolute atomic E-state index is 13.3. The van der Waals surface area contributed by atoms with E-state index in [0.717, 1.165) is 10.6 Å². The van der Waals surface area contributed by atoms with E-state index in [1.54, 1.807) is 13.8 Å². The van der Waals surface area contributed by atoms with E-state index in [0.29, 0.717) is 6.07 Å². The summed E-state index contributed by atoms with van der Waals surface area (Å²) in [5.74, 6) is -1.53. The van der Waals surface area contributed by atoms with Gasteiger partial charge in [0.15, 0.2) is 0 Å². The van der Waals surface area contributed by atoms with Crippen molar-refractivity contribution in [1.82, 2.24) is 4.57 Å². The van der Waals surface area contributed by atoms with Crippen LogP contribution in [-0.4, -0.2) is 14.8 Å². The third kappa shape index (κ3) is 2.05. The molecule has 28 heavy (non-hydrogen) atoms. The summed E-state index contributed by atoms with van der Waals surface area (Å²) >= 11 is 0. The molecule has 0 amide bonds. The highest BCUT2D eigenvalue weighted by molar-refractivity contribution is 5.62. The fourth-order valence-electron chi connectivity index (χ4n) is 4.48. The van der Waals surface area contributed by atoms with Gasteiger partial charge < -0.3 is 14.9 Å². The van der Waals surface area contributed by atoms with Gasteiger partial charge in [-0.1, -0.05) is 0 Å². The second kappa shape index (κ2) is 5.21. The molecule has 4 rings (SSSR count). The molecule has 1 aromatic carbocycles. The van der Waals surface area contributed by atoms with Crippen molar-refractivity contribution in [3.63, 3.8) is 0 Å². The van der Waals surface area contributed by atoms with Crippen LogP contribution in [0.1, 0.15) is 42.5 Å². The Morgan fingerprint density at radius 1 is 1.18 bits per heavy atom. The van der Waals surface area contributed by atoms with Gasteiger partial charge in [0, 0.05) is 0 Å². The van der Waals surface area contributed by atoms with Crippen LogP contribution < -0.4 is 0 Å². The Hall–Kier alpha value is -3.17. The highest BCUT2D eigenvalue weighted by Gasteiger charge is 2.64. The van der Waals surface area contributed by atoms with Crippen molar-refractivity contribution in [2.75, 3.05) is 0 Å². The van der Waals surface area contributed by atoms with Crippen molar-refractivity contribution >= 4 is 0 Å². The average Bonchev–Trinajstić information content (AvgIpc) is 3.14. The molecule has 0 radical (unpaired) electrons. The number of fused-ring (bicyclic) bond motifs is 5. The van der Waals surface area contributed by atoms with Gasteiger partial charge >= 0.3 is 6.18 Å². The summed E-state index contributed by atoms with van der Waals surface area (Å²) < 4.78 is 46.8. The van der Waals surface area contributed by atoms with Crippen LogP contribution >= 0.6 is 0 Å². The lowest BCUT2D eigenvalue weighted by Gasteiger charge is -2.24. The van der Waals surface area contributed by atoms with Crippen LogP contribution in [0.3, 0.4) is 0 Å².